The minimum Gasteiger partial charge on any atom is -0.483 e. The number of aromatic amines is 1. The van der Waals surface area contributed by atoms with Crippen LogP contribution in [-0.4, -0.2) is 30.7 Å². The molecule has 4 heterocycles. The van der Waals surface area contributed by atoms with Crippen LogP contribution in [0.25, 0.3) is 16.9 Å². The van der Waals surface area contributed by atoms with Gasteiger partial charge in [-0.25, -0.2) is 4.68 Å². The maximum atomic E-state index is 5.87. The van der Waals surface area contributed by atoms with Gasteiger partial charge in [-0.2, -0.15) is 22.0 Å². The molecular formula is C15H15N5OS. The highest BCUT2D eigenvalue weighted by Gasteiger charge is 2.26. The summed E-state index contributed by atoms with van der Waals surface area (Å²) in [4.78, 5) is 4.13. The van der Waals surface area contributed by atoms with Crippen molar-refractivity contribution in [2.24, 2.45) is 0 Å². The summed E-state index contributed by atoms with van der Waals surface area (Å²) >= 11 is 1.84. The first kappa shape index (κ1) is 13.4. The lowest BCUT2D eigenvalue weighted by Crippen LogP contribution is -2.05. The first-order valence-electron chi connectivity index (χ1n) is 7.14. The van der Waals surface area contributed by atoms with Gasteiger partial charge in [-0.05, 0) is 17.9 Å². The maximum Gasteiger partial charge on any atom is 0.169 e. The second-order valence-corrected chi connectivity index (χ2v) is 6.23. The summed E-state index contributed by atoms with van der Waals surface area (Å²) in [6, 6.07) is 3.87. The summed E-state index contributed by atoms with van der Waals surface area (Å²) < 4.78 is 7.69. The number of ether oxygens (including phenoxy) is 1. The Labute approximate surface area is 131 Å². The van der Waals surface area contributed by atoms with Crippen molar-refractivity contribution >= 4 is 11.8 Å². The van der Waals surface area contributed by atoms with Gasteiger partial charge < -0.3 is 4.74 Å². The summed E-state index contributed by atoms with van der Waals surface area (Å²) in [6.07, 6.45) is 5.53. The number of thioether (sulfide) groups is 1. The molecule has 112 valence electrons. The minimum absolute atomic E-state index is 0.471. The average Bonchev–Trinajstić information content (AvgIpc) is 3.17. The molecule has 1 aliphatic rings. The van der Waals surface area contributed by atoms with Crippen molar-refractivity contribution < 1.29 is 4.74 Å². The number of fused-ring (bicyclic) bond motifs is 3. The van der Waals surface area contributed by atoms with Crippen LogP contribution < -0.4 is 4.74 Å². The third-order valence-corrected chi connectivity index (χ3v) is 4.45. The Morgan fingerprint density at radius 1 is 1.45 bits per heavy atom. The molecule has 1 aliphatic heterocycles. The van der Waals surface area contributed by atoms with Crippen LogP contribution in [0.4, 0.5) is 0 Å². The van der Waals surface area contributed by atoms with Crippen molar-refractivity contribution in [2.75, 3.05) is 5.75 Å². The van der Waals surface area contributed by atoms with E-state index in [-0.39, 0.29) is 0 Å². The molecule has 3 aromatic heterocycles. The average molecular weight is 313 g/mol. The number of nitrogens with one attached hydrogen (secondary N) is 1. The summed E-state index contributed by atoms with van der Waals surface area (Å²) in [5.41, 5.74) is 4.74. The van der Waals surface area contributed by atoms with Crippen molar-refractivity contribution in [3.05, 3.63) is 42.1 Å². The minimum atomic E-state index is 0.471. The van der Waals surface area contributed by atoms with Gasteiger partial charge in [-0.1, -0.05) is 6.92 Å². The van der Waals surface area contributed by atoms with Crippen molar-refractivity contribution in [2.45, 2.75) is 19.3 Å². The highest BCUT2D eigenvalue weighted by atomic mass is 32.2. The Morgan fingerprint density at radius 3 is 3.23 bits per heavy atom. The molecule has 0 saturated heterocycles. The third-order valence-electron chi connectivity index (χ3n) is 3.55. The van der Waals surface area contributed by atoms with Crippen molar-refractivity contribution in [3.63, 3.8) is 0 Å². The van der Waals surface area contributed by atoms with Gasteiger partial charge in [0, 0.05) is 18.1 Å². The molecule has 0 saturated carbocycles. The number of nitrogens with zero attached hydrogens (tertiary/aromatic N) is 4. The van der Waals surface area contributed by atoms with Gasteiger partial charge in [0.15, 0.2) is 5.75 Å². The largest absolute Gasteiger partial charge is 0.483 e. The predicted octanol–water partition coefficient (Wildman–Crippen LogP) is 2.80. The van der Waals surface area contributed by atoms with Gasteiger partial charge in [-0.3, -0.25) is 10.1 Å². The van der Waals surface area contributed by atoms with Crippen LogP contribution in [0.5, 0.6) is 5.75 Å². The zero-order valence-corrected chi connectivity index (χ0v) is 12.9. The molecule has 0 fully saturated rings. The van der Waals surface area contributed by atoms with Gasteiger partial charge in [0.05, 0.1) is 23.1 Å². The molecule has 0 aliphatic carbocycles. The van der Waals surface area contributed by atoms with Crippen molar-refractivity contribution in [1.82, 2.24) is 25.0 Å². The number of hydrogen-bond donors (Lipinski definition) is 1. The van der Waals surface area contributed by atoms with Gasteiger partial charge in [0.2, 0.25) is 0 Å². The van der Waals surface area contributed by atoms with E-state index in [2.05, 4.69) is 27.2 Å². The summed E-state index contributed by atoms with van der Waals surface area (Å²) in [5, 5.41) is 12.1. The monoisotopic (exact) mass is 313 g/mol. The molecule has 0 radical (unpaired) electrons. The van der Waals surface area contributed by atoms with E-state index in [9.17, 15) is 0 Å². The van der Waals surface area contributed by atoms with Crippen molar-refractivity contribution in [3.8, 4) is 22.7 Å². The number of rotatable bonds is 4. The van der Waals surface area contributed by atoms with E-state index in [1.54, 1.807) is 12.4 Å². The Bertz CT molecular complexity index is 796. The Balaban J connectivity index is 1.73. The van der Waals surface area contributed by atoms with Crippen LogP contribution in [-0.2, 0) is 12.4 Å². The summed E-state index contributed by atoms with van der Waals surface area (Å²) in [7, 11) is 0. The van der Waals surface area contributed by atoms with Crippen LogP contribution in [0.3, 0.4) is 0 Å². The topological polar surface area (TPSA) is 68.6 Å². The van der Waals surface area contributed by atoms with Crippen LogP contribution >= 0.6 is 11.8 Å². The highest BCUT2D eigenvalue weighted by molar-refractivity contribution is 7.98. The van der Waals surface area contributed by atoms with Crippen LogP contribution in [0.15, 0.2) is 30.7 Å². The first-order valence-corrected chi connectivity index (χ1v) is 8.29. The van der Waals surface area contributed by atoms with E-state index in [0.29, 0.717) is 6.61 Å². The molecule has 7 heteroatoms. The van der Waals surface area contributed by atoms with Crippen molar-refractivity contribution in [1.29, 1.82) is 0 Å². The lowest BCUT2D eigenvalue weighted by Gasteiger charge is -2.12. The van der Waals surface area contributed by atoms with Gasteiger partial charge in [0.25, 0.3) is 0 Å². The first-order chi connectivity index (χ1) is 10.9. The molecule has 22 heavy (non-hydrogen) atoms. The lowest BCUT2D eigenvalue weighted by molar-refractivity contribution is 0.294. The zero-order valence-electron chi connectivity index (χ0n) is 12.1. The number of aromatic nitrogens is 5. The molecule has 0 amide bonds. The smallest absolute Gasteiger partial charge is 0.169 e. The molecule has 0 bridgehead atoms. The fraction of sp³-hybridized carbons (Fsp3) is 0.267. The molecule has 6 nitrogen and oxygen atoms in total. The van der Waals surface area contributed by atoms with Gasteiger partial charge >= 0.3 is 0 Å². The van der Waals surface area contributed by atoms with Crippen LogP contribution in [0, 0.1) is 0 Å². The van der Waals surface area contributed by atoms with E-state index in [1.165, 1.54) is 0 Å². The van der Waals surface area contributed by atoms with Crippen LogP contribution in [0.2, 0.25) is 0 Å². The number of hydrogen-bond acceptors (Lipinski definition) is 5. The molecule has 3 aromatic rings. The van der Waals surface area contributed by atoms with E-state index in [0.717, 1.165) is 45.6 Å². The molecule has 0 aromatic carbocycles. The molecule has 0 unspecified atom stereocenters. The van der Waals surface area contributed by atoms with E-state index in [1.807, 2.05) is 34.8 Å². The number of pyridine rings is 1. The van der Waals surface area contributed by atoms with E-state index >= 15 is 0 Å². The second-order valence-electron chi connectivity index (χ2n) is 4.95. The predicted molar refractivity (Wildman–Crippen MR) is 85.1 cm³/mol. The maximum absolute atomic E-state index is 5.87. The van der Waals surface area contributed by atoms with E-state index < -0.39 is 0 Å². The fourth-order valence-corrected chi connectivity index (χ4v) is 3.09. The molecule has 4 rings (SSSR count). The van der Waals surface area contributed by atoms with Gasteiger partial charge in [-0.15, -0.1) is 0 Å². The fourth-order valence-electron chi connectivity index (χ4n) is 2.48. The Kier molecular flexibility index (Phi) is 3.34. The molecule has 1 N–H and O–H groups in total. The summed E-state index contributed by atoms with van der Waals surface area (Å²) in [5.74, 6) is 2.81. The third kappa shape index (κ3) is 2.18. The van der Waals surface area contributed by atoms with E-state index in [4.69, 9.17) is 4.74 Å². The summed E-state index contributed by atoms with van der Waals surface area (Å²) in [6.45, 7) is 2.61. The number of H-pyrrole nitrogens is 1. The zero-order chi connectivity index (χ0) is 14.9. The second kappa shape index (κ2) is 5.49. The standard InChI is InChI=1S/C15H15N5OS/c1-2-22-9-13-15-14(18-17-13)11-7-20(19-12(11)8-21-15)10-4-3-5-16-6-10/h3-7H,2,8-9H2,1H3,(H,17,18). The van der Waals surface area contributed by atoms with Gasteiger partial charge in [0.1, 0.15) is 18.0 Å². The quantitative estimate of drug-likeness (QED) is 0.802. The van der Waals surface area contributed by atoms with Crippen LogP contribution in [0.1, 0.15) is 18.3 Å². The normalized spacial score (nSPS) is 12.6. The molecular weight excluding hydrogens is 298 g/mol. The molecule has 0 spiro atoms. The SMILES string of the molecule is CCSCc1[nH]nc2c1OCc1nn(-c3cccnc3)cc1-2. The molecule has 0 atom stereocenters. The highest BCUT2D eigenvalue weighted by Crippen LogP contribution is 2.39. The Hall–Kier alpha value is -2.28. The lowest BCUT2D eigenvalue weighted by atomic mass is 10.1. The Morgan fingerprint density at radius 2 is 2.41 bits per heavy atom.